The lowest BCUT2D eigenvalue weighted by molar-refractivity contribution is 0.309. The number of benzene rings is 1. The van der Waals surface area contributed by atoms with Crippen LogP contribution in [0.5, 0.6) is 0 Å². The molecule has 1 heterocycles. The van der Waals surface area contributed by atoms with Crippen molar-refractivity contribution in [3.05, 3.63) is 55.1 Å². The van der Waals surface area contributed by atoms with Gasteiger partial charge in [-0.2, -0.15) is 0 Å². The van der Waals surface area contributed by atoms with Crippen molar-refractivity contribution in [1.82, 2.24) is 0 Å². The third kappa shape index (κ3) is 2.01. The quantitative estimate of drug-likeness (QED) is 0.520. The number of fused-ring (bicyclic) bond motifs is 1. The van der Waals surface area contributed by atoms with E-state index in [2.05, 4.69) is 41.0 Å². The molecular weight excluding hydrogens is 358 g/mol. The highest BCUT2D eigenvalue weighted by Gasteiger charge is 2.47. The number of halogens is 2. The molecule has 1 aliphatic carbocycles. The summed E-state index contributed by atoms with van der Waals surface area (Å²) in [7, 11) is 0. The fraction of sp³-hybridized carbons (Fsp3) is 0.267. The average Bonchev–Trinajstić information content (AvgIpc) is 2.82. The number of nitrogens with zero attached hydrogens (tertiary/aromatic N) is 1. The minimum absolute atomic E-state index is 0.170. The van der Waals surface area contributed by atoms with E-state index in [1.807, 2.05) is 24.3 Å². The van der Waals surface area contributed by atoms with Crippen LogP contribution in [0.25, 0.3) is 0 Å². The Balaban J connectivity index is 2.21. The van der Waals surface area contributed by atoms with Gasteiger partial charge in [-0.25, -0.2) is 0 Å². The van der Waals surface area contributed by atoms with Crippen LogP contribution in [0.15, 0.2) is 39.3 Å². The first kappa shape index (κ1) is 14.1. The van der Waals surface area contributed by atoms with Crippen molar-refractivity contribution < 1.29 is 5.21 Å². The maximum Gasteiger partial charge on any atom is 0.104 e. The lowest BCUT2D eigenvalue weighted by Crippen LogP contribution is -2.25. The second-order valence-electron chi connectivity index (χ2n) is 5.49. The topological polar surface area (TPSA) is 32.6 Å². The minimum Gasteiger partial charge on any atom is -0.411 e. The maximum absolute atomic E-state index is 9.42. The molecule has 0 saturated heterocycles. The van der Waals surface area contributed by atoms with Gasteiger partial charge in [0.1, 0.15) is 5.71 Å². The molecule has 0 amide bonds. The molecule has 1 unspecified atom stereocenters. The molecule has 2 nitrogen and oxygen atoms in total. The molecule has 3 rings (SSSR count). The van der Waals surface area contributed by atoms with E-state index in [4.69, 9.17) is 11.6 Å². The van der Waals surface area contributed by atoms with Crippen molar-refractivity contribution in [2.24, 2.45) is 10.6 Å². The van der Waals surface area contributed by atoms with Gasteiger partial charge in [-0.3, -0.25) is 0 Å². The summed E-state index contributed by atoms with van der Waals surface area (Å²) in [6.45, 7) is 4.23. The maximum atomic E-state index is 9.42. The molecule has 1 aromatic carbocycles. The fourth-order valence-corrected chi connectivity index (χ4v) is 4.95. The first-order valence-electron chi connectivity index (χ1n) is 6.22. The fourth-order valence-electron chi connectivity index (χ4n) is 3.02. The molecule has 0 bridgehead atoms. The Morgan fingerprint density at radius 1 is 1.30 bits per heavy atom. The van der Waals surface area contributed by atoms with Crippen molar-refractivity contribution in [2.75, 3.05) is 0 Å². The van der Waals surface area contributed by atoms with Crippen LogP contribution in [-0.2, 0) is 0 Å². The SMILES string of the molecule is CC1(C)C(=NO)c2sc(Br)cc2C1c1ccc(Cl)cc1. The standard InChI is InChI=1S/C15H13BrClNOS/c1-15(2)12(8-3-5-9(17)6-4-8)10-7-11(16)20-13(10)14(15)18-19/h3-7,12,19H,1-2H3. The van der Waals surface area contributed by atoms with Crippen LogP contribution >= 0.6 is 38.9 Å². The summed E-state index contributed by atoms with van der Waals surface area (Å²) in [4.78, 5) is 1.06. The van der Waals surface area contributed by atoms with E-state index in [1.54, 1.807) is 11.3 Å². The number of hydrogen-bond acceptors (Lipinski definition) is 3. The van der Waals surface area contributed by atoms with E-state index in [9.17, 15) is 5.21 Å². The molecule has 0 saturated carbocycles. The third-order valence-corrected chi connectivity index (χ3v) is 5.80. The van der Waals surface area contributed by atoms with E-state index in [0.29, 0.717) is 0 Å². The van der Waals surface area contributed by atoms with Crippen molar-refractivity contribution in [1.29, 1.82) is 0 Å². The van der Waals surface area contributed by atoms with Crippen LogP contribution in [0.2, 0.25) is 5.02 Å². The van der Waals surface area contributed by atoms with Crippen molar-refractivity contribution in [3.8, 4) is 0 Å². The van der Waals surface area contributed by atoms with Gasteiger partial charge in [-0.15, -0.1) is 11.3 Å². The number of rotatable bonds is 1. The van der Waals surface area contributed by atoms with Gasteiger partial charge in [0.15, 0.2) is 0 Å². The molecule has 20 heavy (non-hydrogen) atoms. The molecule has 2 aromatic rings. The monoisotopic (exact) mass is 369 g/mol. The summed E-state index contributed by atoms with van der Waals surface area (Å²) in [5.41, 5.74) is 2.90. The van der Waals surface area contributed by atoms with Crippen LogP contribution in [0.1, 0.15) is 35.8 Å². The highest BCUT2D eigenvalue weighted by molar-refractivity contribution is 9.11. The van der Waals surface area contributed by atoms with Crippen LogP contribution in [0.3, 0.4) is 0 Å². The lowest BCUT2D eigenvalue weighted by Gasteiger charge is -2.28. The van der Waals surface area contributed by atoms with Crippen LogP contribution in [0.4, 0.5) is 0 Å². The summed E-state index contributed by atoms with van der Waals surface area (Å²) >= 11 is 11.1. The van der Waals surface area contributed by atoms with Gasteiger partial charge < -0.3 is 5.21 Å². The van der Waals surface area contributed by atoms with Gasteiger partial charge in [0.25, 0.3) is 0 Å². The molecule has 0 aliphatic heterocycles. The summed E-state index contributed by atoms with van der Waals surface area (Å²) in [5, 5.41) is 13.7. The van der Waals surface area contributed by atoms with E-state index < -0.39 is 0 Å². The zero-order valence-corrected chi connectivity index (χ0v) is 14.2. The molecule has 0 spiro atoms. The van der Waals surface area contributed by atoms with E-state index in [1.165, 1.54) is 11.1 Å². The Kier molecular flexibility index (Phi) is 3.43. The Morgan fingerprint density at radius 3 is 2.55 bits per heavy atom. The van der Waals surface area contributed by atoms with E-state index in [-0.39, 0.29) is 11.3 Å². The normalized spacial score (nSPS) is 22.2. The molecule has 1 N–H and O–H groups in total. The van der Waals surface area contributed by atoms with Gasteiger partial charge in [0.2, 0.25) is 0 Å². The molecular formula is C15H13BrClNOS. The highest BCUT2D eigenvalue weighted by atomic mass is 79.9. The predicted molar refractivity (Wildman–Crippen MR) is 87.4 cm³/mol. The zero-order valence-electron chi connectivity index (χ0n) is 11.0. The molecule has 1 aliphatic rings. The van der Waals surface area contributed by atoms with Gasteiger partial charge >= 0.3 is 0 Å². The zero-order chi connectivity index (χ0) is 14.5. The Labute approximate surface area is 135 Å². The largest absolute Gasteiger partial charge is 0.411 e. The minimum atomic E-state index is -0.246. The van der Waals surface area contributed by atoms with E-state index in [0.717, 1.165) is 19.4 Å². The second kappa shape index (κ2) is 4.86. The van der Waals surface area contributed by atoms with Crippen LogP contribution in [0, 0.1) is 5.41 Å². The Bertz CT molecular complexity index is 690. The van der Waals surface area contributed by atoms with Crippen molar-refractivity contribution in [3.63, 3.8) is 0 Å². The summed E-state index contributed by atoms with van der Waals surface area (Å²) in [6.07, 6.45) is 0. The summed E-state index contributed by atoms with van der Waals surface area (Å²) in [5.74, 6) is 0.170. The number of thiophene rings is 1. The van der Waals surface area contributed by atoms with E-state index >= 15 is 0 Å². The molecule has 0 radical (unpaired) electrons. The smallest absolute Gasteiger partial charge is 0.104 e. The second-order valence-corrected chi connectivity index (χ2v) is 8.36. The Morgan fingerprint density at radius 2 is 1.95 bits per heavy atom. The highest BCUT2D eigenvalue weighted by Crippen LogP contribution is 2.54. The predicted octanol–water partition coefficient (Wildman–Crippen LogP) is 5.51. The lowest BCUT2D eigenvalue weighted by atomic mass is 9.75. The van der Waals surface area contributed by atoms with Gasteiger partial charge in [0, 0.05) is 16.4 Å². The summed E-state index contributed by atoms with van der Waals surface area (Å²) < 4.78 is 1.05. The van der Waals surface area contributed by atoms with Crippen LogP contribution < -0.4 is 0 Å². The first-order chi connectivity index (χ1) is 9.45. The molecule has 104 valence electrons. The van der Waals surface area contributed by atoms with Gasteiger partial charge in [0.05, 0.1) is 8.66 Å². The summed E-state index contributed by atoms with van der Waals surface area (Å²) in [6, 6.07) is 10.0. The van der Waals surface area contributed by atoms with Crippen molar-refractivity contribution in [2.45, 2.75) is 19.8 Å². The molecule has 0 fully saturated rings. The third-order valence-electron chi connectivity index (χ3n) is 3.89. The average molecular weight is 371 g/mol. The first-order valence-corrected chi connectivity index (χ1v) is 8.21. The molecule has 5 heteroatoms. The van der Waals surface area contributed by atoms with Crippen LogP contribution in [-0.4, -0.2) is 10.9 Å². The number of oxime groups is 1. The molecule has 1 atom stereocenters. The number of hydrogen-bond donors (Lipinski definition) is 1. The van der Waals surface area contributed by atoms with Crippen molar-refractivity contribution >= 4 is 44.6 Å². The molecule has 1 aromatic heterocycles. The Hall–Kier alpha value is -0.840. The van der Waals surface area contributed by atoms with Gasteiger partial charge in [-0.1, -0.05) is 42.7 Å². The van der Waals surface area contributed by atoms with Gasteiger partial charge in [-0.05, 0) is 45.3 Å².